The van der Waals surface area contributed by atoms with Gasteiger partial charge in [0, 0.05) is 49.2 Å². The summed E-state index contributed by atoms with van der Waals surface area (Å²) < 4.78 is 10.5. The summed E-state index contributed by atoms with van der Waals surface area (Å²) in [6.45, 7) is 4.23. The highest BCUT2D eigenvalue weighted by Gasteiger charge is 2.23. The number of benzene rings is 1. The fraction of sp³-hybridized carbons (Fsp3) is 0.389. The number of piperazine rings is 1. The van der Waals surface area contributed by atoms with Gasteiger partial charge in [0.1, 0.15) is 11.5 Å². The number of ether oxygens (including phenoxy) is 2. The number of thiophene rings is 1. The van der Waals surface area contributed by atoms with Crippen molar-refractivity contribution in [3.63, 3.8) is 0 Å². The Morgan fingerprint density at radius 3 is 2.29 bits per heavy atom. The van der Waals surface area contributed by atoms with Crippen molar-refractivity contribution in [2.24, 2.45) is 0 Å². The van der Waals surface area contributed by atoms with Crippen molar-refractivity contribution in [2.75, 3.05) is 40.4 Å². The van der Waals surface area contributed by atoms with Crippen LogP contribution in [0.5, 0.6) is 11.5 Å². The average molecular weight is 346 g/mol. The molecule has 24 heavy (non-hydrogen) atoms. The Balaban J connectivity index is 1.62. The highest BCUT2D eigenvalue weighted by atomic mass is 32.1. The number of amides is 1. The van der Waals surface area contributed by atoms with Crippen LogP contribution in [0.1, 0.15) is 15.2 Å². The molecule has 0 radical (unpaired) electrons. The van der Waals surface area contributed by atoms with Crippen LogP contribution >= 0.6 is 11.3 Å². The maximum atomic E-state index is 12.8. The monoisotopic (exact) mass is 346 g/mol. The van der Waals surface area contributed by atoms with E-state index in [2.05, 4.69) is 22.4 Å². The summed E-state index contributed by atoms with van der Waals surface area (Å²) in [4.78, 5) is 18.4. The third-order valence-electron chi connectivity index (χ3n) is 4.22. The van der Waals surface area contributed by atoms with E-state index < -0.39 is 0 Å². The number of carbonyl (C=O) groups excluding carboxylic acids is 1. The van der Waals surface area contributed by atoms with Crippen molar-refractivity contribution in [1.82, 2.24) is 9.80 Å². The number of carbonyl (C=O) groups is 1. The Bertz CT molecular complexity index is 657. The molecule has 6 heteroatoms. The van der Waals surface area contributed by atoms with E-state index in [0.29, 0.717) is 17.1 Å². The van der Waals surface area contributed by atoms with Crippen molar-refractivity contribution in [3.05, 3.63) is 46.2 Å². The van der Waals surface area contributed by atoms with Gasteiger partial charge in [-0.05, 0) is 23.6 Å². The number of nitrogens with zero attached hydrogens (tertiary/aromatic N) is 2. The lowest BCUT2D eigenvalue weighted by atomic mass is 10.1. The van der Waals surface area contributed by atoms with Crippen LogP contribution in [0.3, 0.4) is 0 Å². The van der Waals surface area contributed by atoms with Crippen molar-refractivity contribution >= 4 is 17.2 Å². The lowest BCUT2D eigenvalue weighted by Crippen LogP contribution is -2.48. The lowest BCUT2D eigenvalue weighted by Gasteiger charge is -2.34. The molecule has 1 aliphatic heterocycles. The number of hydrogen-bond donors (Lipinski definition) is 0. The standard InChI is InChI=1S/C18H22N2O3S/c1-22-15-10-14(11-16(12-15)23-2)18(21)20-7-5-19(6-8-20)13-17-4-3-9-24-17/h3-4,9-12H,5-8,13H2,1-2H3. The van der Waals surface area contributed by atoms with Gasteiger partial charge in [-0.1, -0.05) is 6.07 Å². The van der Waals surface area contributed by atoms with Crippen molar-refractivity contribution in [1.29, 1.82) is 0 Å². The first-order valence-electron chi connectivity index (χ1n) is 7.96. The van der Waals surface area contributed by atoms with E-state index in [4.69, 9.17) is 9.47 Å². The zero-order chi connectivity index (χ0) is 16.9. The van der Waals surface area contributed by atoms with E-state index in [1.165, 1.54) is 4.88 Å². The summed E-state index contributed by atoms with van der Waals surface area (Å²) in [6, 6.07) is 9.54. The minimum Gasteiger partial charge on any atom is -0.497 e. The van der Waals surface area contributed by atoms with Crippen molar-refractivity contribution < 1.29 is 14.3 Å². The first-order chi connectivity index (χ1) is 11.7. The molecule has 1 aromatic carbocycles. The maximum Gasteiger partial charge on any atom is 0.254 e. The molecule has 0 atom stereocenters. The molecule has 2 heterocycles. The predicted octanol–water partition coefficient (Wildman–Crippen LogP) is 2.72. The molecule has 0 bridgehead atoms. The summed E-state index contributed by atoms with van der Waals surface area (Å²) in [7, 11) is 3.18. The number of methoxy groups -OCH3 is 2. The zero-order valence-corrected chi connectivity index (χ0v) is 14.8. The van der Waals surface area contributed by atoms with E-state index >= 15 is 0 Å². The van der Waals surface area contributed by atoms with Gasteiger partial charge in [0.05, 0.1) is 14.2 Å². The molecule has 128 valence electrons. The second kappa shape index (κ2) is 7.68. The van der Waals surface area contributed by atoms with Gasteiger partial charge in [-0.3, -0.25) is 9.69 Å². The van der Waals surface area contributed by atoms with Gasteiger partial charge in [-0.25, -0.2) is 0 Å². The smallest absolute Gasteiger partial charge is 0.254 e. The Morgan fingerprint density at radius 2 is 1.75 bits per heavy atom. The van der Waals surface area contributed by atoms with Crippen LogP contribution in [-0.2, 0) is 6.54 Å². The molecule has 0 aliphatic carbocycles. The fourth-order valence-electron chi connectivity index (χ4n) is 2.85. The molecule has 3 rings (SSSR count). The number of rotatable bonds is 5. The van der Waals surface area contributed by atoms with Gasteiger partial charge in [0.2, 0.25) is 0 Å². The first kappa shape index (κ1) is 16.8. The van der Waals surface area contributed by atoms with E-state index in [1.807, 2.05) is 4.90 Å². The van der Waals surface area contributed by atoms with E-state index in [9.17, 15) is 4.79 Å². The van der Waals surface area contributed by atoms with Gasteiger partial charge < -0.3 is 14.4 Å². The zero-order valence-electron chi connectivity index (χ0n) is 14.0. The van der Waals surface area contributed by atoms with Crippen LogP contribution in [0.15, 0.2) is 35.7 Å². The van der Waals surface area contributed by atoms with Gasteiger partial charge in [0.25, 0.3) is 5.91 Å². The second-order valence-corrected chi connectivity index (χ2v) is 6.78. The van der Waals surface area contributed by atoms with Crippen LogP contribution in [0.2, 0.25) is 0 Å². The van der Waals surface area contributed by atoms with Crippen LogP contribution in [0.25, 0.3) is 0 Å². The fourth-order valence-corrected chi connectivity index (χ4v) is 3.59. The minimum absolute atomic E-state index is 0.0305. The third kappa shape index (κ3) is 3.88. The largest absolute Gasteiger partial charge is 0.497 e. The number of hydrogen-bond acceptors (Lipinski definition) is 5. The van der Waals surface area contributed by atoms with Crippen LogP contribution < -0.4 is 9.47 Å². The summed E-state index contributed by atoms with van der Waals surface area (Å²) >= 11 is 1.78. The summed E-state index contributed by atoms with van der Waals surface area (Å²) in [5.74, 6) is 1.30. The molecule has 0 unspecified atom stereocenters. The molecule has 5 nitrogen and oxygen atoms in total. The normalized spacial score (nSPS) is 15.3. The highest BCUT2D eigenvalue weighted by molar-refractivity contribution is 7.09. The molecule has 2 aromatic rings. The maximum absolute atomic E-state index is 12.8. The lowest BCUT2D eigenvalue weighted by molar-refractivity contribution is 0.0629. The minimum atomic E-state index is 0.0305. The van der Waals surface area contributed by atoms with Crippen LogP contribution in [0.4, 0.5) is 0 Å². The van der Waals surface area contributed by atoms with Crippen molar-refractivity contribution in [3.8, 4) is 11.5 Å². The molecule has 1 aromatic heterocycles. The summed E-state index contributed by atoms with van der Waals surface area (Å²) in [5.41, 5.74) is 0.609. The predicted molar refractivity (Wildman–Crippen MR) is 95.0 cm³/mol. The van der Waals surface area contributed by atoms with E-state index in [0.717, 1.165) is 32.7 Å². The highest BCUT2D eigenvalue weighted by Crippen LogP contribution is 2.24. The van der Waals surface area contributed by atoms with Gasteiger partial charge in [-0.15, -0.1) is 11.3 Å². The molecule has 1 fully saturated rings. The Kier molecular flexibility index (Phi) is 5.37. The Labute approximate surface area is 146 Å². The Hall–Kier alpha value is -2.05. The SMILES string of the molecule is COc1cc(OC)cc(C(=O)N2CCN(Cc3cccs3)CC2)c1. The van der Waals surface area contributed by atoms with Gasteiger partial charge >= 0.3 is 0 Å². The second-order valence-electron chi connectivity index (χ2n) is 5.75. The van der Waals surface area contributed by atoms with Crippen LogP contribution in [-0.4, -0.2) is 56.1 Å². The molecule has 0 N–H and O–H groups in total. The molecule has 1 saturated heterocycles. The average Bonchev–Trinajstić information content (AvgIpc) is 3.14. The molecule has 1 amide bonds. The van der Waals surface area contributed by atoms with E-state index in [-0.39, 0.29) is 5.91 Å². The molecule has 0 spiro atoms. The third-order valence-corrected chi connectivity index (χ3v) is 5.08. The van der Waals surface area contributed by atoms with Gasteiger partial charge in [-0.2, -0.15) is 0 Å². The quantitative estimate of drug-likeness (QED) is 0.835. The van der Waals surface area contributed by atoms with Gasteiger partial charge in [0.15, 0.2) is 0 Å². The van der Waals surface area contributed by atoms with Crippen molar-refractivity contribution in [2.45, 2.75) is 6.54 Å². The summed E-state index contributed by atoms with van der Waals surface area (Å²) in [5, 5.41) is 2.10. The molecular weight excluding hydrogens is 324 g/mol. The Morgan fingerprint density at radius 1 is 1.08 bits per heavy atom. The molecular formula is C18H22N2O3S. The first-order valence-corrected chi connectivity index (χ1v) is 8.84. The molecule has 0 saturated carbocycles. The topological polar surface area (TPSA) is 42.0 Å². The molecule has 1 aliphatic rings. The summed E-state index contributed by atoms with van der Waals surface area (Å²) in [6.07, 6.45) is 0. The van der Waals surface area contributed by atoms with Crippen LogP contribution in [0, 0.1) is 0 Å². The van der Waals surface area contributed by atoms with E-state index in [1.54, 1.807) is 43.8 Å².